The van der Waals surface area contributed by atoms with Gasteiger partial charge in [0, 0.05) is 5.02 Å². The molecular formula is C11H12ClF2NO2. The van der Waals surface area contributed by atoms with Crippen molar-refractivity contribution in [3.63, 3.8) is 0 Å². The van der Waals surface area contributed by atoms with Crippen LogP contribution in [0.25, 0.3) is 0 Å². The van der Waals surface area contributed by atoms with Crippen LogP contribution in [0.1, 0.15) is 18.5 Å². The summed E-state index contributed by atoms with van der Waals surface area (Å²) >= 11 is 5.75. The largest absolute Gasteiger partial charge is 0.464 e. The van der Waals surface area contributed by atoms with Crippen LogP contribution in [0.2, 0.25) is 5.02 Å². The molecule has 3 nitrogen and oxygen atoms in total. The maximum atomic E-state index is 13.6. The zero-order chi connectivity index (χ0) is 13.0. The summed E-state index contributed by atoms with van der Waals surface area (Å²) in [5.74, 6) is -1.68. The van der Waals surface area contributed by atoms with Gasteiger partial charge in [-0.15, -0.1) is 0 Å². The number of hydrogen-bond acceptors (Lipinski definition) is 3. The Hall–Kier alpha value is -1.20. The van der Waals surface area contributed by atoms with Crippen LogP contribution in [0.5, 0.6) is 0 Å². The highest BCUT2D eigenvalue weighted by molar-refractivity contribution is 6.31. The van der Waals surface area contributed by atoms with Gasteiger partial charge < -0.3 is 10.5 Å². The lowest BCUT2D eigenvalue weighted by Gasteiger charge is -2.17. The van der Waals surface area contributed by atoms with E-state index >= 15 is 0 Å². The van der Waals surface area contributed by atoms with E-state index in [2.05, 4.69) is 4.74 Å². The van der Waals surface area contributed by atoms with Gasteiger partial charge in [-0.05, 0) is 30.7 Å². The summed E-state index contributed by atoms with van der Waals surface area (Å²) in [5.41, 5.74) is 5.55. The van der Waals surface area contributed by atoms with Crippen LogP contribution in [-0.2, 0) is 9.53 Å². The van der Waals surface area contributed by atoms with E-state index in [1.165, 1.54) is 6.07 Å². The number of carbonyl (C=O) groups is 1. The maximum Gasteiger partial charge on any atom is 0.342 e. The van der Waals surface area contributed by atoms with E-state index in [-0.39, 0.29) is 17.2 Å². The molecule has 6 heteroatoms. The van der Waals surface area contributed by atoms with Gasteiger partial charge in [-0.2, -0.15) is 0 Å². The predicted molar refractivity (Wildman–Crippen MR) is 59.9 cm³/mol. The molecular weight excluding hydrogens is 252 g/mol. The molecule has 1 rings (SSSR count). The van der Waals surface area contributed by atoms with Crippen molar-refractivity contribution in [3.05, 3.63) is 34.6 Å². The summed E-state index contributed by atoms with van der Waals surface area (Å²) < 4.78 is 31.0. The first-order chi connectivity index (χ1) is 7.97. The molecule has 1 aromatic rings. The Morgan fingerprint density at radius 3 is 2.82 bits per heavy atom. The van der Waals surface area contributed by atoms with Crippen LogP contribution in [0.4, 0.5) is 8.78 Å². The SMILES string of the molecule is CCOC(=O)C(F)[C@H](N)c1cc(F)ccc1Cl. The lowest BCUT2D eigenvalue weighted by Crippen LogP contribution is -2.31. The molecule has 1 unspecified atom stereocenters. The minimum absolute atomic E-state index is 0.0345. The van der Waals surface area contributed by atoms with Gasteiger partial charge in [0.25, 0.3) is 0 Å². The second-order valence-electron chi connectivity index (χ2n) is 3.35. The van der Waals surface area contributed by atoms with Crippen molar-refractivity contribution in [2.75, 3.05) is 6.61 Å². The maximum absolute atomic E-state index is 13.6. The molecule has 0 spiro atoms. The van der Waals surface area contributed by atoms with Gasteiger partial charge in [-0.1, -0.05) is 11.6 Å². The molecule has 0 bridgehead atoms. The summed E-state index contributed by atoms with van der Waals surface area (Å²) in [5, 5.41) is 0.103. The van der Waals surface area contributed by atoms with Gasteiger partial charge >= 0.3 is 5.97 Å². The average Bonchev–Trinajstić information content (AvgIpc) is 2.30. The van der Waals surface area contributed by atoms with Crippen LogP contribution in [0, 0.1) is 5.82 Å². The number of esters is 1. The third kappa shape index (κ3) is 3.38. The van der Waals surface area contributed by atoms with Crippen LogP contribution in [0.15, 0.2) is 18.2 Å². The molecule has 0 saturated heterocycles. The summed E-state index contributed by atoms with van der Waals surface area (Å²) in [4.78, 5) is 11.1. The average molecular weight is 264 g/mol. The van der Waals surface area contributed by atoms with Crippen LogP contribution in [-0.4, -0.2) is 18.7 Å². The molecule has 0 radical (unpaired) electrons. The van der Waals surface area contributed by atoms with Crippen LogP contribution in [0.3, 0.4) is 0 Å². The van der Waals surface area contributed by atoms with Crippen molar-refractivity contribution in [1.82, 2.24) is 0 Å². The minimum atomic E-state index is -2.07. The fraction of sp³-hybridized carbons (Fsp3) is 0.364. The van der Waals surface area contributed by atoms with Gasteiger partial charge in [0.1, 0.15) is 5.82 Å². The Balaban J connectivity index is 2.91. The Morgan fingerprint density at radius 2 is 2.24 bits per heavy atom. The van der Waals surface area contributed by atoms with Crippen molar-refractivity contribution in [1.29, 1.82) is 0 Å². The Labute approximate surface area is 103 Å². The van der Waals surface area contributed by atoms with Crippen molar-refractivity contribution in [3.8, 4) is 0 Å². The number of hydrogen-bond donors (Lipinski definition) is 1. The normalized spacial score (nSPS) is 14.2. The Kier molecular flexibility index (Phi) is 4.84. The molecule has 2 N–H and O–H groups in total. The highest BCUT2D eigenvalue weighted by Crippen LogP contribution is 2.26. The zero-order valence-corrected chi connectivity index (χ0v) is 9.88. The molecule has 0 heterocycles. The van der Waals surface area contributed by atoms with Crippen molar-refractivity contribution in [2.24, 2.45) is 5.73 Å². The first-order valence-electron chi connectivity index (χ1n) is 4.98. The highest BCUT2D eigenvalue weighted by atomic mass is 35.5. The molecule has 0 aliphatic rings. The summed E-state index contributed by atoms with van der Waals surface area (Å²) in [6.07, 6.45) is -2.07. The first-order valence-corrected chi connectivity index (χ1v) is 5.36. The lowest BCUT2D eigenvalue weighted by molar-refractivity contribution is -0.149. The zero-order valence-electron chi connectivity index (χ0n) is 9.12. The van der Waals surface area contributed by atoms with E-state index in [9.17, 15) is 13.6 Å². The smallest absolute Gasteiger partial charge is 0.342 e. The molecule has 0 amide bonds. The number of benzene rings is 1. The van der Waals surface area contributed by atoms with Crippen molar-refractivity contribution >= 4 is 17.6 Å². The molecule has 1 aromatic carbocycles. The molecule has 2 atom stereocenters. The minimum Gasteiger partial charge on any atom is -0.464 e. The number of alkyl halides is 1. The van der Waals surface area contributed by atoms with E-state index < -0.39 is 24.0 Å². The van der Waals surface area contributed by atoms with Crippen LogP contribution < -0.4 is 5.73 Å². The summed E-state index contributed by atoms with van der Waals surface area (Å²) in [6, 6.07) is 2.02. The summed E-state index contributed by atoms with van der Waals surface area (Å²) in [6.45, 7) is 1.59. The second-order valence-corrected chi connectivity index (χ2v) is 3.75. The Morgan fingerprint density at radius 1 is 1.59 bits per heavy atom. The number of carbonyl (C=O) groups excluding carboxylic acids is 1. The van der Waals surface area contributed by atoms with E-state index in [1.807, 2.05) is 0 Å². The number of rotatable bonds is 4. The standard InChI is InChI=1S/C11H12ClF2NO2/c1-2-17-11(16)9(14)10(15)7-5-6(13)3-4-8(7)12/h3-5,9-10H,2,15H2,1H3/t9?,10-/m1/s1. The van der Waals surface area contributed by atoms with Gasteiger partial charge in [0.05, 0.1) is 12.6 Å². The fourth-order valence-corrected chi connectivity index (χ4v) is 1.54. The van der Waals surface area contributed by atoms with Gasteiger partial charge in [-0.3, -0.25) is 0 Å². The van der Waals surface area contributed by atoms with E-state index in [0.29, 0.717) is 0 Å². The molecule has 0 fully saturated rings. The monoisotopic (exact) mass is 263 g/mol. The highest BCUT2D eigenvalue weighted by Gasteiger charge is 2.29. The molecule has 0 aliphatic heterocycles. The second kappa shape index (κ2) is 5.93. The molecule has 17 heavy (non-hydrogen) atoms. The predicted octanol–water partition coefficient (Wildman–Crippen LogP) is 2.38. The molecule has 0 saturated carbocycles. The Bertz CT molecular complexity index is 414. The van der Waals surface area contributed by atoms with Gasteiger partial charge in [-0.25, -0.2) is 13.6 Å². The fourth-order valence-electron chi connectivity index (χ4n) is 1.30. The van der Waals surface area contributed by atoms with E-state index in [4.69, 9.17) is 17.3 Å². The molecule has 0 aromatic heterocycles. The lowest BCUT2D eigenvalue weighted by atomic mass is 10.0. The van der Waals surface area contributed by atoms with Crippen molar-refractivity contribution < 1.29 is 18.3 Å². The molecule has 94 valence electrons. The number of ether oxygens (including phenoxy) is 1. The van der Waals surface area contributed by atoms with E-state index in [0.717, 1.165) is 12.1 Å². The van der Waals surface area contributed by atoms with Crippen molar-refractivity contribution in [2.45, 2.75) is 19.1 Å². The van der Waals surface area contributed by atoms with Crippen LogP contribution >= 0.6 is 11.6 Å². The number of halogens is 3. The summed E-state index contributed by atoms with van der Waals surface area (Å²) in [7, 11) is 0. The quantitative estimate of drug-likeness (QED) is 0.849. The third-order valence-corrected chi connectivity index (χ3v) is 2.49. The molecule has 0 aliphatic carbocycles. The third-order valence-electron chi connectivity index (χ3n) is 2.14. The van der Waals surface area contributed by atoms with E-state index in [1.54, 1.807) is 6.92 Å². The van der Waals surface area contributed by atoms with Gasteiger partial charge in [0.2, 0.25) is 6.17 Å². The topological polar surface area (TPSA) is 52.3 Å². The first kappa shape index (κ1) is 13.9. The van der Waals surface area contributed by atoms with Gasteiger partial charge in [0.15, 0.2) is 0 Å². The number of nitrogens with two attached hydrogens (primary N) is 1.